The molecule has 0 fully saturated rings. The van der Waals surface area contributed by atoms with E-state index in [0.29, 0.717) is 5.56 Å². The Bertz CT molecular complexity index is 424. The number of carbonyl (C=O) groups is 1. The number of carbonyl (C=O) groups excluding carboxylic acids is 1. The molecule has 94 valence electrons. The zero-order valence-corrected chi connectivity index (χ0v) is 10.6. The third kappa shape index (κ3) is 3.51. The largest absolute Gasteiger partial charge is 0.341 e. The molecule has 0 aliphatic carbocycles. The number of halogens is 2. The molecule has 0 atom stereocenters. The van der Waals surface area contributed by atoms with Crippen molar-refractivity contribution in [3.63, 3.8) is 0 Å². The van der Waals surface area contributed by atoms with Crippen molar-refractivity contribution in [1.82, 2.24) is 4.90 Å². The molecule has 0 radical (unpaired) electrons. The van der Waals surface area contributed by atoms with E-state index in [2.05, 4.69) is 0 Å². The fourth-order valence-electron chi connectivity index (χ4n) is 1.55. The minimum Gasteiger partial charge on any atom is -0.341 e. The maximum absolute atomic E-state index is 13.4. The van der Waals surface area contributed by atoms with E-state index < -0.39 is 17.0 Å². The van der Waals surface area contributed by atoms with Crippen molar-refractivity contribution in [2.24, 2.45) is 5.41 Å². The number of hydrogen-bond donors (Lipinski definition) is 0. The Labute approximate surface area is 100 Å². The molecule has 0 aliphatic heterocycles. The summed E-state index contributed by atoms with van der Waals surface area (Å²) in [6.45, 7) is 5.54. The highest BCUT2D eigenvalue weighted by atomic mass is 19.1. The summed E-state index contributed by atoms with van der Waals surface area (Å²) < 4.78 is 26.1. The second-order valence-electron chi connectivity index (χ2n) is 5.15. The smallest absolute Gasteiger partial charge is 0.227 e. The van der Waals surface area contributed by atoms with Gasteiger partial charge in [-0.15, -0.1) is 0 Å². The Balaban J connectivity index is 2.81. The van der Waals surface area contributed by atoms with Crippen molar-refractivity contribution < 1.29 is 13.6 Å². The lowest BCUT2D eigenvalue weighted by atomic mass is 9.95. The van der Waals surface area contributed by atoms with E-state index in [9.17, 15) is 13.6 Å². The van der Waals surface area contributed by atoms with Gasteiger partial charge in [-0.1, -0.05) is 26.8 Å². The molecule has 1 rings (SSSR count). The third-order valence-electron chi connectivity index (χ3n) is 2.41. The summed E-state index contributed by atoms with van der Waals surface area (Å²) >= 11 is 0. The molecule has 17 heavy (non-hydrogen) atoms. The minimum absolute atomic E-state index is 0.0822. The first-order valence-corrected chi connectivity index (χ1v) is 5.41. The van der Waals surface area contributed by atoms with Gasteiger partial charge in [-0.3, -0.25) is 4.79 Å². The van der Waals surface area contributed by atoms with E-state index in [1.165, 1.54) is 17.0 Å². The molecule has 0 aromatic heterocycles. The molecular weight excluding hydrogens is 224 g/mol. The summed E-state index contributed by atoms with van der Waals surface area (Å²) in [5, 5.41) is 0. The highest BCUT2D eigenvalue weighted by Gasteiger charge is 2.25. The van der Waals surface area contributed by atoms with Crippen LogP contribution >= 0.6 is 0 Å². The molecule has 0 saturated heterocycles. The van der Waals surface area contributed by atoms with E-state index in [1.54, 1.807) is 27.8 Å². The Hall–Kier alpha value is -1.45. The second-order valence-corrected chi connectivity index (χ2v) is 5.15. The van der Waals surface area contributed by atoms with E-state index in [4.69, 9.17) is 0 Å². The molecule has 0 saturated carbocycles. The molecule has 0 aliphatic rings. The minimum atomic E-state index is -0.626. The fraction of sp³-hybridized carbons (Fsp3) is 0.462. The van der Waals surface area contributed by atoms with Gasteiger partial charge in [0.15, 0.2) is 0 Å². The summed E-state index contributed by atoms with van der Waals surface area (Å²) in [6, 6.07) is 3.37. The van der Waals surface area contributed by atoms with Gasteiger partial charge in [0.05, 0.1) is 0 Å². The van der Waals surface area contributed by atoms with Gasteiger partial charge in [-0.25, -0.2) is 8.78 Å². The zero-order chi connectivity index (χ0) is 13.2. The summed E-state index contributed by atoms with van der Waals surface area (Å²) in [4.78, 5) is 13.3. The Kier molecular flexibility index (Phi) is 3.86. The maximum Gasteiger partial charge on any atom is 0.227 e. The van der Waals surface area contributed by atoms with Gasteiger partial charge in [-0.05, 0) is 6.07 Å². The van der Waals surface area contributed by atoms with Crippen molar-refractivity contribution in [3.8, 4) is 0 Å². The van der Waals surface area contributed by atoms with Gasteiger partial charge < -0.3 is 4.90 Å². The predicted molar refractivity (Wildman–Crippen MR) is 62.3 cm³/mol. The highest BCUT2D eigenvalue weighted by molar-refractivity contribution is 5.81. The van der Waals surface area contributed by atoms with Gasteiger partial charge in [0.25, 0.3) is 0 Å². The molecule has 0 bridgehead atoms. The molecule has 4 heteroatoms. The molecule has 0 spiro atoms. The van der Waals surface area contributed by atoms with Crippen LogP contribution in [0, 0.1) is 17.0 Å². The first kappa shape index (κ1) is 13.6. The van der Waals surface area contributed by atoms with Crippen molar-refractivity contribution >= 4 is 5.91 Å². The number of benzene rings is 1. The topological polar surface area (TPSA) is 20.3 Å². The van der Waals surface area contributed by atoms with Gasteiger partial charge >= 0.3 is 0 Å². The lowest BCUT2D eigenvalue weighted by Crippen LogP contribution is -2.36. The van der Waals surface area contributed by atoms with Crippen LogP contribution in [0.3, 0.4) is 0 Å². The number of hydrogen-bond acceptors (Lipinski definition) is 1. The molecule has 0 unspecified atom stereocenters. The predicted octanol–water partition coefficient (Wildman–Crippen LogP) is 2.97. The van der Waals surface area contributed by atoms with Crippen molar-refractivity contribution in [2.75, 3.05) is 7.05 Å². The quantitative estimate of drug-likeness (QED) is 0.779. The Morgan fingerprint density at radius 2 is 1.88 bits per heavy atom. The van der Waals surface area contributed by atoms with Crippen LogP contribution in [0.25, 0.3) is 0 Å². The van der Waals surface area contributed by atoms with Gasteiger partial charge in [0.1, 0.15) is 11.6 Å². The summed E-state index contributed by atoms with van der Waals surface area (Å²) in [5.74, 6) is -1.32. The van der Waals surface area contributed by atoms with E-state index >= 15 is 0 Å². The normalized spacial score (nSPS) is 11.4. The lowest BCUT2D eigenvalue weighted by molar-refractivity contribution is -0.138. The first-order valence-electron chi connectivity index (χ1n) is 5.41. The Morgan fingerprint density at radius 1 is 1.29 bits per heavy atom. The van der Waals surface area contributed by atoms with Crippen LogP contribution in [0.5, 0.6) is 0 Å². The SMILES string of the molecule is CN(Cc1ccc(F)cc1F)C(=O)C(C)(C)C. The summed E-state index contributed by atoms with van der Waals surface area (Å²) in [5.41, 5.74) is -0.197. The van der Waals surface area contributed by atoms with Gasteiger partial charge in [0.2, 0.25) is 5.91 Å². The molecule has 2 nitrogen and oxygen atoms in total. The van der Waals surface area contributed by atoms with Crippen LogP contribution in [0.1, 0.15) is 26.3 Å². The standard InChI is InChI=1S/C13H17F2NO/c1-13(2,3)12(17)16(4)8-9-5-6-10(14)7-11(9)15/h5-7H,8H2,1-4H3. The third-order valence-corrected chi connectivity index (χ3v) is 2.41. The van der Waals surface area contributed by atoms with Crippen LogP contribution in [0.15, 0.2) is 18.2 Å². The van der Waals surface area contributed by atoms with Crippen LogP contribution in [0.4, 0.5) is 8.78 Å². The summed E-state index contributed by atoms with van der Waals surface area (Å²) in [7, 11) is 1.61. The van der Waals surface area contributed by atoms with Crippen molar-refractivity contribution in [1.29, 1.82) is 0 Å². The zero-order valence-electron chi connectivity index (χ0n) is 10.6. The monoisotopic (exact) mass is 241 g/mol. The fourth-order valence-corrected chi connectivity index (χ4v) is 1.55. The lowest BCUT2D eigenvalue weighted by Gasteiger charge is -2.26. The highest BCUT2D eigenvalue weighted by Crippen LogP contribution is 2.19. The number of nitrogens with zero attached hydrogens (tertiary/aromatic N) is 1. The number of rotatable bonds is 2. The molecule has 0 N–H and O–H groups in total. The second kappa shape index (κ2) is 4.82. The Morgan fingerprint density at radius 3 is 2.35 bits per heavy atom. The average Bonchev–Trinajstić information content (AvgIpc) is 2.19. The van der Waals surface area contributed by atoms with E-state index in [0.717, 1.165) is 6.07 Å². The molecule has 1 aromatic rings. The first-order chi connectivity index (χ1) is 7.71. The molecule has 1 aromatic carbocycles. The van der Waals surface area contributed by atoms with Crippen molar-refractivity contribution in [2.45, 2.75) is 27.3 Å². The van der Waals surface area contributed by atoms with Gasteiger partial charge in [0, 0.05) is 30.6 Å². The van der Waals surface area contributed by atoms with Crippen LogP contribution < -0.4 is 0 Å². The van der Waals surface area contributed by atoms with Crippen LogP contribution in [0.2, 0.25) is 0 Å². The van der Waals surface area contributed by atoms with E-state index in [-0.39, 0.29) is 12.5 Å². The van der Waals surface area contributed by atoms with E-state index in [1.807, 2.05) is 0 Å². The number of amides is 1. The maximum atomic E-state index is 13.4. The molecule has 0 heterocycles. The van der Waals surface area contributed by atoms with Crippen molar-refractivity contribution in [3.05, 3.63) is 35.4 Å². The molecule has 1 amide bonds. The summed E-state index contributed by atoms with van der Waals surface area (Å²) in [6.07, 6.45) is 0. The molecular formula is C13H17F2NO. The average molecular weight is 241 g/mol. The van der Waals surface area contributed by atoms with Crippen LogP contribution in [-0.2, 0) is 11.3 Å². The van der Waals surface area contributed by atoms with Gasteiger partial charge in [-0.2, -0.15) is 0 Å². The van der Waals surface area contributed by atoms with Crippen LogP contribution in [-0.4, -0.2) is 17.9 Å².